The van der Waals surface area contributed by atoms with Gasteiger partial charge in [0, 0.05) is 44.5 Å². The fourth-order valence-corrected chi connectivity index (χ4v) is 2.68. The maximum atomic E-state index is 12.8. The smallest absolute Gasteiger partial charge is 0.254 e. The van der Waals surface area contributed by atoms with Crippen molar-refractivity contribution in [1.82, 2.24) is 10.2 Å². The van der Waals surface area contributed by atoms with Gasteiger partial charge in [-0.2, -0.15) is 0 Å². The summed E-state index contributed by atoms with van der Waals surface area (Å²) >= 11 is 0. The standard InChI is InChI=1S/C16H25N3O.ClH/c1-4-10-19(15-8-9-17-12-15)16(20)13-6-5-7-14(11-13)18(2)3;/h5-7,11,15,17H,4,8-10,12H2,1-3H3;1H. The summed E-state index contributed by atoms with van der Waals surface area (Å²) in [5, 5.41) is 3.35. The Morgan fingerprint density at radius 2 is 2.14 bits per heavy atom. The SMILES string of the molecule is CCCN(C(=O)c1cccc(N(C)C)c1)C1CCNC1.Cl. The van der Waals surface area contributed by atoms with E-state index >= 15 is 0 Å². The molecule has 4 nitrogen and oxygen atoms in total. The number of halogens is 1. The van der Waals surface area contributed by atoms with Crippen molar-refractivity contribution in [3.63, 3.8) is 0 Å². The number of nitrogens with one attached hydrogen (secondary N) is 1. The third-order valence-corrected chi connectivity index (χ3v) is 3.81. The first-order valence-electron chi connectivity index (χ1n) is 7.42. The van der Waals surface area contributed by atoms with E-state index in [-0.39, 0.29) is 18.3 Å². The molecule has 0 aliphatic carbocycles. The van der Waals surface area contributed by atoms with E-state index in [0.29, 0.717) is 6.04 Å². The Hall–Kier alpha value is -1.26. The van der Waals surface area contributed by atoms with Gasteiger partial charge in [-0.25, -0.2) is 0 Å². The van der Waals surface area contributed by atoms with Crippen LogP contribution in [0.15, 0.2) is 24.3 Å². The van der Waals surface area contributed by atoms with Gasteiger partial charge in [-0.1, -0.05) is 13.0 Å². The fourth-order valence-electron chi connectivity index (χ4n) is 2.68. The maximum Gasteiger partial charge on any atom is 0.254 e. The second kappa shape index (κ2) is 8.25. The first-order valence-corrected chi connectivity index (χ1v) is 7.42. The molecule has 1 unspecified atom stereocenters. The Morgan fingerprint density at radius 3 is 2.71 bits per heavy atom. The lowest BCUT2D eigenvalue weighted by Crippen LogP contribution is -2.42. The van der Waals surface area contributed by atoms with E-state index in [1.807, 2.05) is 48.2 Å². The summed E-state index contributed by atoms with van der Waals surface area (Å²) < 4.78 is 0. The Labute approximate surface area is 133 Å². The van der Waals surface area contributed by atoms with Gasteiger partial charge in [-0.05, 0) is 37.6 Å². The van der Waals surface area contributed by atoms with E-state index < -0.39 is 0 Å². The highest BCUT2D eigenvalue weighted by molar-refractivity contribution is 5.95. The fraction of sp³-hybridized carbons (Fsp3) is 0.562. The molecule has 0 bridgehead atoms. The van der Waals surface area contributed by atoms with E-state index in [1.165, 1.54) is 0 Å². The zero-order valence-corrected chi connectivity index (χ0v) is 13.9. The number of nitrogens with zero attached hydrogens (tertiary/aromatic N) is 2. The summed E-state index contributed by atoms with van der Waals surface area (Å²) in [4.78, 5) is 16.8. The largest absolute Gasteiger partial charge is 0.378 e. The van der Waals surface area contributed by atoms with Gasteiger partial charge < -0.3 is 15.1 Å². The van der Waals surface area contributed by atoms with Crippen LogP contribution in [0.2, 0.25) is 0 Å². The monoisotopic (exact) mass is 311 g/mol. The molecular weight excluding hydrogens is 286 g/mol. The first-order chi connectivity index (χ1) is 9.63. The third-order valence-electron chi connectivity index (χ3n) is 3.81. The molecule has 2 rings (SSSR count). The minimum Gasteiger partial charge on any atom is -0.378 e. The molecule has 0 radical (unpaired) electrons. The van der Waals surface area contributed by atoms with Gasteiger partial charge in [0.2, 0.25) is 0 Å². The van der Waals surface area contributed by atoms with Gasteiger partial charge >= 0.3 is 0 Å². The lowest BCUT2D eigenvalue weighted by atomic mass is 10.1. The molecule has 1 heterocycles. The van der Waals surface area contributed by atoms with Crippen LogP contribution in [-0.4, -0.2) is 50.6 Å². The molecule has 1 atom stereocenters. The maximum absolute atomic E-state index is 12.8. The first kappa shape index (κ1) is 17.8. The molecule has 118 valence electrons. The van der Waals surface area contributed by atoms with Crippen LogP contribution in [0.1, 0.15) is 30.1 Å². The van der Waals surface area contributed by atoms with Gasteiger partial charge in [-0.3, -0.25) is 4.79 Å². The predicted molar refractivity (Wildman–Crippen MR) is 90.6 cm³/mol. The van der Waals surface area contributed by atoms with Gasteiger partial charge in [-0.15, -0.1) is 12.4 Å². The van der Waals surface area contributed by atoms with E-state index in [1.54, 1.807) is 0 Å². The number of carbonyl (C=O) groups is 1. The van der Waals surface area contributed by atoms with Crippen molar-refractivity contribution in [2.45, 2.75) is 25.8 Å². The highest BCUT2D eigenvalue weighted by atomic mass is 35.5. The van der Waals surface area contributed by atoms with Crippen LogP contribution in [-0.2, 0) is 0 Å². The molecule has 1 N–H and O–H groups in total. The lowest BCUT2D eigenvalue weighted by Gasteiger charge is -2.28. The second-order valence-corrected chi connectivity index (χ2v) is 5.59. The number of anilines is 1. The Kier molecular flexibility index (Phi) is 6.99. The minimum atomic E-state index is 0. The molecule has 1 aromatic carbocycles. The zero-order valence-electron chi connectivity index (χ0n) is 13.1. The topological polar surface area (TPSA) is 35.6 Å². The molecule has 1 fully saturated rings. The molecule has 1 aliphatic rings. The summed E-state index contributed by atoms with van der Waals surface area (Å²) in [5.41, 5.74) is 1.85. The Balaban J connectivity index is 0.00000220. The molecule has 5 heteroatoms. The number of hydrogen-bond acceptors (Lipinski definition) is 3. The van der Waals surface area contributed by atoms with Crippen LogP contribution < -0.4 is 10.2 Å². The number of rotatable bonds is 5. The van der Waals surface area contributed by atoms with Gasteiger partial charge in [0.1, 0.15) is 0 Å². The van der Waals surface area contributed by atoms with Gasteiger partial charge in [0.05, 0.1) is 0 Å². The molecule has 1 amide bonds. The Morgan fingerprint density at radius 1 is 1.38 bits per heavy atom. The number of carbonyl (C=O) groups excluding carboxylic acids is 1. The van der Waals surface area contributed by atoms with E-state index in [4.69, 9.17) is 0 Å². The van der Waals surface area contributed by atoms with Crippen molar-refractivity contribution >= 4 is 24.0 Å². The minimum absolute atomic E-state index is 0. The molecule has 0 aromatic heterocycles. The quantitative estimate of drug-likeness (QED) is 0.907. The van der Waals surface area contributed by atoms with E-state index in [2.05, 4.69) is 12.2 Å². The summed E-state index contributed by atoms with van der Waals surface area (Å²) in [7, 11) is 3.99. The highest BCUT2D eigenvalue weighted by Crippen LogP contribution is 2.18. The van der Waals surface area contributed by atoms with Crippen molar-refractivity contribution in [2.24, 2.45) is 0 Å². The molecule has 1 aliphatic heterocycles. The normalized spacial score (nSPS) is 17.2. The van der Waals surface area contributed by atoms with Gasteiger partial charge in [0.15, 0.2) is 0 Å². The van der Waals surface area contributed by atoms with Crippen molar-refractivity contribution in [3.8, 4) is 0 Å². The number of hydrogen-bond donors (Lipinski definition) is 1. The third kappa shape index (κ3) is 4.35. The van der Waals surface area contributed by atoms with Crippen molar-refractivity contribution in [2.75, 3.05) is 38.6 Å². The van der Waals surface area contributed by atoms with Crippen LogP contribution in [0.4, 0.5) is 5.69 Å². The number of benzene rings is 1. The average Bonchev–Trinajstić information content (AvgIpc) is 2.98. The summed E-state index contributed by atoms with van der Waals surface area (Å²) in [6.07, 6.45) is 2.05. The van der Waals surface area contributed by atoms with Crippen LogP contribution in [0.25, 0.3) is 0 Å². The molecular formula is C16H26ClN3O. The van der Waals surface area contributed by atoms with Crippen molar-refractivity contribution in [1.29, 1.82) is 0 Å². The van der Waals surface area contributed by atoms with E-state index in [0.717, 1.165) is 43.7 Å². The molecule has 1 aromatic rings. The van der Waals surface area contributed by atoms with Crippen molar-refractivity contribution < 1.29 is 4.79 Å². The predicted octanol–water partition coefficient (Wildman–Crippen LogP) is 2.39. The van der Waals surface area contributed by atoms with Crippen molar-refractivity contribution in [3.05, 3.63) is 29.8 Å². The van der Waals surface area contributed by atoms with E-state index in [9.17, 15) is 4.79 Å². The number of amides is 1. The molecule has 0 spiro atoms. The average molecular weight is 312 g/mol. The van der Waals surface area contributed by atoms with Crippen LogP contribution in [0.5, 0.6) is 0 Å². The summed E-state index contributed by atoms with van der Waals surface area (Å²) in [5.74, 6) is 0.157. The lowest BCUT2D eigenvalue weighted by molar-refractivity contribution is 0.0692. The molecule has 0 saturated carbocycles. The van der Waals surface area contributed by atoms with Crippen LogP contribution in [0, 0.1) is 0 Å². The molecule has 21 heavy (non-hydrogen) atoms. The molecule has 1 saturated heterocycles. The zero-order chi connectivity index (χ0) is 14.5. The summed E-state index contributed by atoms with van der Waals surface area (Å²) in [6, 6.07) is 8.22. The van der Waals surface area contributed by atoms with Crippen LogP contribution >= 0.6 is 12.4 Å². The second-order valence-electron chi connectivity index (χ2n) is 5.59. The Bertz CT molecular complexity index is 459. The van der Waals surface area contributed by atoms with Crippen LogP contribution in [0.3, 0.4) is 0 Å². The highest BCUT2D eigenvalue weighted by Gasteiger charge is 2.26. The van der Waals surface area contributed by atoms with Gasteiger partial charge in [0.25, 0.3) is 5.91 Å². The summed E-state index contributed by atoms with van der Waals surface area (Å²) in [6.45, 7) is 4.88.